The number of hydrogen-bond donors (Lipinski definition) is 3. The predicted octanol–water partition coefficient (Wildman–Crippen LogP) is 2.93. The fourth-order valence-electron chi connectivity index (χ4n) is 4.43. The van der Waals surface area contributed by atoms with Crippen molar-refractivity contribution in [1.82, 2.24) is 10.2 Å². The lowest BCUT2D eigenvalue weighted by Gasteiger charge is -2.33. The summed E-state index contributed by atoms with van der Waals surface area (Å²) in [6.07, 6.45) is 2.66. The summed E-state index contributed by atoms with van der Waals surface area (Å²) in [5.74, 6) is 0.760. The average Bonchev–Trinajstić information content (AvgIpc) is 3.11. The van der Waals surface area contributed by atoms with Crippen LogP contribution < -0.4 is 21.3 Å². The first-order valence-corrected chi connectivity index (χ1v) is 10.5. The molecule has 0 amide bonds. The molecule has 150 valence electrons. The Labute approximate surface area is 168 Å². The molecule has 0 spiro atoms. The van der Waals surface area contributed by atoms with Crippen LogP contribution in [0.15, 0.2) is 42.5 Å². The SMILES string of the molecule is CN1CCCC(CN2CNc3ccc(-c4ccc(CNCCN)cc4)cc32)C1. The molecule has 2 aliphatic heterocycles. The van der Waals surface area contributed by atoms with Crippen LogP contribution in [0.4, 0.5) is 11.4 Å². The minimum Gasteiger partial charge on any atom is -0.366 e. The number of fused-ring (bicyclic) bond motifs is 1. The Bertz CT molecular complexity index is 773. The number of benzene rings is 2. The topological polar surface area (TPSA) is 56.6 Å². The molecular formula is C23H33N5. The van der Waals surface area contributed by atoms with Gasteiger partial charge in [0.15, 0.2) is 0 Å². The Hall–Kier alpha value is -2.08. The summed E-state index contributed by atoms with van der Waals surface area (Å²) in [5.41, 5.74) is 12.0. The molecule has 0 bridgehead atoms. The second-order valence-electron chi connectivity index (χ2n) is 8.22. The van der Waals surface area contributed by atoms with E-state index in [9.17, 15) is 0 Å². The van der Waals surface area contributed by atoms with Crippen LogP contribution in [0, 0.1) is 5.92 Å². The zero-order valence-electron chi connectivity index (χ0n) is 17.0. The number of likely N-dealkylation sites (tertiary alicyclic amines) is 1. The molecule has 0 aliphatic carbocycles. The Morgan fingerprint density at radius 3 is 2.75 bits per heavy atom. The Morgan fingerprint density at radius 2 is 1.96 bits per heavy atom. The maximum atomic E-state index is 5.54. The average molecular weight is 380 g/mol. The first kappa shape index (κ1) is 19.2. The van der Waals surface area contributed by atoms with Crippen molar-refractivity contribution >= 4 is 11.4 Å². The molecule has 4 rings (SSSR count). The summed E-state index contributed by atoms with van der Waals surface area (Å²) in [4.78, 5) is 4.99. The van der Waals surface area contributed by atoms with E-state index >= 15 is 0 Å². The van der Waals surface area contributed by atoms with E-state index < -0.39 is 0 Å². The smallest absolute Gasteiger partial charge is 0.0877 e. The number of rotatable bonds is 7. The van der Waals surface area contributed by atoms with Gasteiger partial charge in [0.1, 0.15) is 0 Å². The second-order valence-corrected chi connectivity index (χ2v) is 8.22. The van der Waals surface area contributed by atoms with E-state index in [1.54, 1.807) is 0 Å². The molecule has 2 aromatic carbocycles. The van der Waals surface area contributed by atoms with E-state index in [1.165, 1.54) is 54.0 Å². The van der Waals surface area contributed by atoms with Crippen LogP contribution in [0.2, 0.25) is 0 Å². The van der Waals surface area contributed by atoms with Gasteiger partial charge in [0.05, 0.1) is 18.0 Å². The molecule has 2 aromatic rings. The molecule has 5 nitrogen and oxygen atoms in total. The third-order valence-corrected chi connectivity index (χ3v) is 5.94. The number of nitrogens with two attached hydrogens (primary N) is 1. The largest absolute Gasteiger partial charge is 0.366 e. The lowest BCUT2D eigenvalue weighted by Crippen LogP contribution is -2.39. The quantitative estimate of drug-likeness (QED) is 0.646. The Kier molecular flexibility index (Phi) is 6.15. The van der Waals surface area contributed by atoms with Crippen molar-refractivity contribution in [3.05, 3.63) is 48.0 Å². The second kappa shape index (κ2) is 8.95. The molecule has 0 aromatic heterocycles. The fraction of sp³-hybridized carbons (Fsp3) is 0.478. The van der Waals surface area contributed by atoms with Gasteiger partial charge in [0, 0.05) is 32.7 Å². The third-order valence-electron chi connectivity index (χ3n) is 5.94. The molecule has 0 radical (unpaired) electrons. The zero-order chi connectivity index (χ0) is 19.3. The van der Waals surface area contributed by atoms with Crippen molar-refractivity contribution in [2.24, 2.45) is 11.7 Å². The molecule has 1 saturated heterocycles. The van der Waals surface area contributed by atoms with Gasteiger partial charge in [-0.15, -0.1) is 0 Å². The van der Waals surface area contributed by atoms with Crippen molar-refractivity contribution in [3.8, 4) is 11.1 Å². The van der Waals surface area contributed by atoms with Crippen LogP contribution in [0.25, 0.3) is 11.1 Å². The van der Waals surface area contributed by atoms with Crippen LogP contribution in [0.3, 0.4) is 0 Å². The van der Waals surface area contributed by atoms with Gasteiger partial charge in [-0.05, 0) is 61.2 Å². The molecule has 0 saturated carbocycles. The van der Waals surface area contributed by atoms with Crippen LogP contribution >= 0.6 is 0 Å². The fourth-order valence-corrected chi connectivity index (χ4v) is 4.43. The van der Waals surface area contributed by atoms with Gasteiger partial charge in [-0.25, -0.2) is 0 Å². The highest BCUT2D eigenvalue weighted by Crippen LogP contribution is 2.36. The molecule has 28 heavy (non-hydrogen) atoms. The van der Waals surface area contributed by atoms with Crippen LogP contribution in [-0.4, -0.2) is 51.3 Å². The minimum atomic E-state index is 0.675. The van der Waals surface area contributed by atoms with E-state index in [-0.39, 0.29) is 0 Å². The highest BCUT2D eigenvalue weighted by atomic mass is 15.3. The first-order valence-electron chi connectivity index (χ1n) is 10.5. The number of anilines is 2. The lowest BCUT2D eigenvalue weighted by atomic mass is 9.97. The molecule has 1 unspecified atom stereocenters. The number of hydrogen-bond acceptors (Lipinski definition) is 5. The van der Waals surface area contributed by atoms with Gasteiger partial charge in [0.2, 0.25) is 0 Å². The monoisotopic (exact) mass is 379 g/mol. The summed E-state index contributed by atoms with van der Waals surface area (Å²) >= 11 is 0. The predicted molar refractivity (Wildman–Crippen MR) is 119 cm³/mol. The highest BCUT2D eigenvalue weighted by Gasteiger charge is 2.24. The summed E-state index contributed by atoms with van der Waals surface area (Å²) in [6, 6.07) is 15.7. The van der Waals surface area contributed by atoms with Crippen LogP contribution in [0.1, 0.15) is 18.4 Å². The van der Waals surface area contributed by atoms with Crippen LogP contribution in [-0.2, 0) is 6.54 Å². The summed E-state index contributed by atoms with van der Waals surface area (Å²) < 4.78 is 0. The van der Waals surface area contributed by atoms with Crippen molar-refractivity contribution < 1.29 is 0 Å². The van der Waals surface area contributed by atoms with Gasteiger partial charge in [-0.2, -0.15) is 0 Å². The third kappa shape index (κ3) is 4.49. The lowest BCUT2D eigenvalue weighted by molar-refractivity contribution is 0.212. The van der Waals surface area contributed by atoms with E-state index in [1.807, 2.05) is 0 Å². The van der Waals surface area contributed by atoms with Gasteiger partial charge in [-0.3, -0.25) is 0 Å². The molecule has 1 atom stereocenters. The number of nitrogens with zero attached hydrogens (tertiary/aromatic N) is 2. The minimum absolute atomic E-state index is 0.675. The van der Waals surface area contributed by atoms with Crippen molar-refractivity contribution in [3.63, 3.8) is 0 Å². The van der Waals surface area contributed by atoms with Crippen molar-refractivity contribution in [2.75, 3.05) is 56.7 Å². The van der Waals surface area contributed by atoms with Crippen molar-refractivity contribution in [1.29, 1.82) is 0 Å². The summed E-state index contributed by atoms with van der Waals surface area (Å²) in [7, 11) is 2.25. The molecule has 2 aliphatic rings. The van der Waals surface area contributed by atoms with Crippen LogP contribution in [0.5, 0.6) is 0 Å². The Balaban J connectivity index is 1.45. The highest BCUT2D eigenvalue weighted by molar-refractivity contribution is 5.81. The summed E-state index contributed by atoms with van der Waals surface area (Å²) in [5, 5.41) is 6.91. The van der Waals surface area contributed by atoms with Gasteiger partial charge >= 0.3 is 0 Å². The Morgan fingerprint density at radius 1 is 1.14 bits per heavy atom. The summed E-state index contributed by atoms with van der Waals surface area (Å²) in [6.45, 7) is 6.92. The normalized spacial score (nSPS) is 19.5. The molecule has 2 heterocycles. The van der Waals surface area contributed by atoms with E-state index in [0.29, 0.717) is 6.54 Å². The molecule has 5 heteroatoms. The van der Waals surface area contributed by atoms with Gasteiger partial charge in [0.25, 0.3) is 0 Å². The molecule has 4 N–H and O–H groups in total. The number of piperidine rings is 1. The van der Waals surface area contributed by atoms with Gasteiger partial charge < -0.3 is 26.2 Å². The maximum Gasteiger partial charge on any atom is 0.0877 e. The molecular weight excluding hydrogens is 346 g/mol. The number of nitrogens with one attached hydrogen (secondary N) is 2. The molecule has 1 fully saturated rings. The van der Waals surface area contributed by atoms with E-state index in [4.69, 9.17) is 5.73 Å². The first-order chi connectivity index (χ1) is 13.7. The standard InChI is InChI=1S/C23H33N5/c1-27-12-2-3-19(15-27)16-28-17-26-22-9-8-21(13-23(22)28)20-6-4-18(5-7-20)14-25-11-10-24/h4-9,13,19,25-26H,2-3,10-12,14-17,24H2,1H3. The van der Waals surface area contributed by atoms with Gasteiger partial charge in [-0.1, -0.05) is 30.3 Å². The van der Waals surface area contributed by atoms with E-state index in [2.05, 4.69) is 69.9 Å². The zero-order valence-corrected chi connectivity index (χ0v) is 17.0. The van der Waals surface area contributed by atoms with Crippen molar-refractivity contribution in [2.45, 2.75) is 19.4 Å². The maximum absolute atomic E-state index is 5.54. The van der Waals surface area contributed by atoms with E-state index in [0.717, 1.165) is 32.2 Å².